The number of methoxy groups -OCH3 is 1. The number of nitrogens with zero attached hydrogens (tertiary/aromatic N) is 1. The number of carbonyl (C=O) groups is 2. The fourth-order valence-electron chi connectivity index (χ4n) is 1.20. The molecule has 0 fully saturated rings. The molecule has 0 atom stereocenters. The van der Waals surface area contributed by atoms with Crippen molar-refractivity contribution in [3.05, 3.63) is 23.7 Å². The van der Waals surface area contributed by atoms with Gasteiger partial charge in [-0.1, -0.05) is 6.92 Å². The van der Waals surface area contributed by atoms with E-state index in [-0.39, 0.29) is 18.2 Å². The van der Waals surface area contributed by atoms with Crippen LogP contribution in [0.25, 0.3) is 0 Å². The van der Waals surface area contributed by atoms with E-state index in [4.69, 9.17) is 4.42 Å². The Morgan fingerprint density at radius 3 is 2.62 bits per heavy atom. The van der Waals surface area contributed by atoms with Crippen molar-refractivity contribution < 1.29 is 18.7 Å². The molecule has 0 saturated carbocycles. The number of hydrogen-bond acceptors (Lipinski definition) is 4. The van der Waals surface area contributed by atoms with Gasteiger partial charge in [0.2, 0.25) is 0 Å². The van der Waals surface area contributed by atoms with Crippen LogP contribution in [0.4, 0.5) is 0 Å². The first-order chi connectivity index (χ1) is 7.58. The maximum atomic E-state index is 11.7. The smallest absolute Gasteiger partial charge is 0.325 e. The second kappa shape index (κ2) is 5.34. The summed E-state index contributed by atoms with van der Waals surface area (Å²) in [7, 11) is 2.80. The average molecular weight is 225 g/mol. The van der Waals surface area contributed by atoms with Crippen LogP contribution in [0.5, 0.6) is 0 Å². The van der Waals surface area contributed by atoms with E-state index < -0.39 is 5.97 Å². The van der Waals surface area contributed by atoms with Crippen LogP contribution in [0.2, 0.25) is 0 Å². The van der Waals surface area contributed by atoms with Gasteiger partial charge >= 0.3 is 5.97 Å². The van der Waals surface area contributed by atoms with Gasteiger partial charge in [0.1, 0.15) is 12.3 Å². The first-order valence-electron chi connectivity index (χ1n) is 4.99. The number of amides is 1. The average Bonchev–Trinajstić information content (AvgIpc) is 2.76. The number of aryl methyl sites for hydroxylation is 1. The number of rotatable bonds is 4. The highest BCUT2D eigenvalue weighted by Gasteiger charge is 2.18. The van der Waals surface area contributed by atoms with Gasteiger partial charge in [-0.25, -0.2) is 0 Å². The Morgan fingerprint density at radius 2 is 2.12 bits per heavy atom. The molecule has 16 heavy (non-hydrogen) atoms. The predicted molar refractivity (Wildman–Crippen MR) is 57.1 cm³/mol. The van der Waals surface area contributed by atoms with Crippen molar-refractivity contribution in [3.8, 4) is 0 Å². The molecule has 0 N–H and O–H groups in total. The first-order valence-corrected chi connectivity index (χ1v) is 4.99. The third-order valence-electron chi connectivity index (χ3n) is 2.16. The van der Waals surface area contributed by atoms with Gasteiger partial charge in [-0.15, -0.1) is 0 Å². The minimum absolute atomic E-state index is 0.0858. The summed E-state index contributed by atoms with van der Waals surface area (Å²) >= 11 is 0. The van der Waals surface area contributed by atoms with E-state index in [0.717, 1.165) is 12.2 Å². The van der Waals surface area contributed by atoms with E-state index >= 15 is 0 Å². The molecule has 88 valence electrons. The summed E-state index contributed by atoms with van der Waals surface area (Å²) in [6, 6.07) is 3.36. The standard InChI is InChI=1S/C11H15NO4/c1-4-8-5-6-9(16-8)11(14)12(2)7-10(13)15-3/h5-6H,4,7H2,1-3H3. The van der Waals surface area contributed by atoms with Crippen LogP contribution in [-0.4, -0.2) is 37.5 Å². The van der Waals surface area contributed by atoms with Crippen LogP contribution in [0.3, 0.4) is 0 Å². The molecular formula is C11H15NO4. The minimum atomic E-state index is -0.460. The molecule has 0 aliphatic rings. The number of hydrogen-bond donors (Lipinski definition) is 0. The second-order valence-electron chi connectivity index (χ2n) is 3.36. The zero-order chi connectivity index (χ0) is 12.1. The molecule has 1 amide bonds. The van der Waals surface area contributed by atoms with E-state index in [1.807, 2.05) is 6.92 Å². The van der Waals surface area contributed by atoms with Crippen LogP contribution < -0.4 is 0 Å². The SMILES string of the molecule is CCc1ccc(C(=O)N(C)CC(=O)OC)o1. The summed E-state index contributed by atoms with van der Waals surface area (Å²) in [5.41, 5.74) is 0. The zero-order valence-corrected chi connectivity index (χ0v) is 9.65. The highest BCUT2D eigenvalue weighted by Crippen LogP contribution is 2.10. The normalized spacial score (nSPS) is 9.94. The van der Waals surface area contributed by atoms with E-state index in [9.17, 15) is 9.59 Å². The predicted octanol–water partition coefficient (Wildman–Crippen LogP) is 1.09. The van der Waals surface area contributed by atoms with Crippen molar-refractivity contribution in [3.63, 3.8) is 0 Å². The molecule has 1 rings (SSSR count). The second-order valence-corrected chi connectivity index (χ2v) is 3.36. The fraction of sp³-hybridized carbons (Fsp3) is 0.455. The molecule has 1 heterocycles. The number of ether oxygens (including phenoxy) is 1. The molecule has 0 unspecified atom stereocenters. The summed E-state index contributed by atoms with van der Waals surface area (Å²) in [4.78, 5) is 24.0. The number of likely N-dealkylation sites (N-methyl/N-ethyl adjacent to an activating group) is 1. The van der Waals surface area contributed by atoms with Gasteiger partial charge in [-0.3, -0.25) is 9.59 Å². The monoisotopic (exact) mass is 225 g/mol. The molecule has 0 saturated heterocycles. The molecule has 0 bridgehead atoms. The Balaban J connectivity index is 2.66. The summed E-state index contributed by atoms with van der Waals surface area (Å²) in [5, 5.41) is 0. The Bertz CT molecular complexity index is 383. The van der Waals surface area contributed by atoms with Crippen LogP contribution in [0.15, 0.2) is 16.5 Å². The highest BCUT2D eigenvalue weighted by atomic mass is 16.5. The molecule has 5 heteroatoms. The molecule has 1 aromatic heterocycles. The van der Waals surface area contributed by atoms with Crippen LogP contribution in [0, 0.1) is 0 Å². The van der Waals surface area contributed by atoms with Crippen molar-refractivity contribution in [2.75, 3.05) is 20.7 Å². The Morgan fingerprint density at radius 1 is 1.44 bits per heavy atom. The molecule has 0 spiro atoms. The lowest BCUT2D eigenvalue weighted by Gasteiger charge is -2.13. The maximum absolute atomic E-state index is 11.7. The van der Waals surface area contributed by atoms with Gasteiger partial charge in [0.25, 0.3) is 5.91 Å². The third kappa shape index (κ3) is 2.85. The lowest BCUT2D eigenvalue weighted by Crippen LogP contribution is -2.32. The summed E-state index contributed by atoms with van der Waals surface area (Å²) in [6.45, 7) is 1.85. The van der Waals surface area contributed by atoms with Gasteiger partial charge in [0.15, 0.2) is 5.76 Å². The van der Waals surface area contributed by atoms with Crippen molar-refractivity contribution >= 4 is 11.9 Å². The number of carbonyl (C=O) groups excluding carboxylic acids is 2. The van der Waals surface area contributed by atoms with Crippen LogP contribution in [0.1, 0.15) is 23.2 Å². The van der Waals surface area contributed by atoms with Crippen LogP contribution in [-0.2, 0) is 16.0 Å². The van der Waals surface area contributed by atoms with Crippen molar-refractivity contribution in [1.82, 2.24) is 4.90 Å². The highest BCUT2D eigenvalue weighted by molar-refractivity contribution is 5.93. The van der Waals surface area contributed by atoms with Gasteiger partial charge in [0, 0.05) is 13.5 Å². The quantitative estimate of drug-likeness (QED) is 0.719. The van der Waals surface area contributed by atoms with E-state index in [0.29, 0.717) is 0 Å². The van der Waals surface area contributed by atoms with Gasteiger partial charge in [-0.05, 0) is 12.1 Å². The van der Waals surface area contributed by atoms with Gasteiger partial charge in [0.05, 0.1) is 7.11 Å². The third-order valence-corrected chi connectivity index (χ3v) is 2.16. The lowest BCUT2D eigenvalue weighted by molar-refractivity contribution is -0.141. The summed E-state index contributed by atoms with van der Waals surface area (Å²) < 4.78 is 9.76. The molecule has 0 radical (unpaired) electrons. The number of furan rings is 1. The minimum Gasteiger partial charge on any atom is -0.468 e. The molecule has 0 aromatic carbocycles. The maximum Gasteiger partial charge on any atom is 0.325 e. The summed E-state index contributed by atoms with van der Waals surface area (Å²) in [6.07, 6.45) is 0.730. The first kappa shape index (κ1) is 12.3. The van der Waals surface area contributed by atoms with E-state index in [1.165, 1.54) is 19.1 Å². The molecule has 1 aromatic rings. The summed E-state index contributed by atoms with van der Waals surface area (Å²) in [5.74, 6) is 0.196. The Kier molecular flexibility index (Phi) is 4.10. The van der Waals surface area contributed by atoms with E-state index in [1.54, 1.807) is 12.1 Å². The Labute approximate surface area is 94.0 Å². The molecule has 5 nitrogen and oxygen atoms in total. The molecule has 0 aliphatic carbocycles. The largest absolute Gasteiger partial charge is 0.468 e. The van der Waals surface area contributed by atoms with Gasteiger partial charge < -0.3 is 14.1 Å². The van der Waals surface area contributed by atoms with E-state index in [2.05, 4.69) is 4.74 Å². The lowest BCUT2D eigenvalue weighted by atomic mass is 10.3. The topological polar surface area (TPSA) is 59.8 Å². The van der Waals surface area contributed by atoms with Gasteiger partial charge in [-0.2, -0.15) is 0 Å². The Hall–Kier alpha value is -1.78. The molecule has 0 aliphatic heterocycles. The van der Waals surface area contributed by atoms with Crippen molar-refractivity contribution in [2.45, 2.75) is 13.3 Å². The number of esters is 1. The van der Waals surface area contributed by atoms with Crippen LogP contribution >= 0.6 is 0 Å². The van der Waals surface area contributed by atoms with Crippen molar-refractivity contribution in [1.29, 1.82) is 0 Å². The fourth-order valence-corrected chi connectivity index (χ4v) is 1.20. The molecular weight excluding hydrogens is 210 g/mol. The zero-order valence-electron chi connectivity index (χ0n) is 9.65. The van der Waals surface area contributed by atoms with Crippen molar-refractivity contribution in [2.24, 2.45) is 0 Å².